The fourth-order valence-corrected chi connectivity index (χ4v) is 4.60. The Hall–Kier alpha value is -2.80. The molecule has 0 saturated heterocycles. The van der Waals surface area contributed by atoms with Crippen molar-refractivity contribution in [1.29, 1.82) is 0 Å². The number of amides is 1. The molecule has 1 aliphatic carbocycles. The number of hydrogen-bond acceptors (Lipinski definition) is 3. The predicted molar refractivity (Wildman–Crippen MR) is 115 cm³/mol. The molecule has 7 heteroatoms. The summed E-state index contributed by atoms with van der Waals surface area (Å²) < 4.78 is 15.9. The zero-order chi connectivity index (χ0) is 21.6. The maximum absolute atomic E-state index is 13.9. The summed E-state index contributed by atoms with van der Waals surface area (Å²) in [5, 5.41) is 7.43. The zero-order valence-corrected chi connectivity index (χ0v) is 18.5. The number of nitrogens with one attached hydrogen (secondary N) is 1. The number of hydrogen-bond donors (Lipinski definition) is 1. The van der Waals surface area contributed by atoms with Gasteiger partial charge in [0, 0.05) is 29.8 Å². The van der Waals surface area contributed by atoms with Gasteiger partial charge in [-0.3, -0.25) is 14.3 Å². The van der Waals surface area contributed by atoms with Crippen LogP contribution >= 0.6 is 15.9 Å². The van der Waals surface area contributed by atoms with Crippen molar-refractivity contribution in [2.45, 2.75) is 32.2 Å². The lowest BCUT2D eigenvalue weighted by molar-refractivity contribution is -0.121. The van der Waals surface area contributed by atoms with Gasteiger partial charge in [-0.1, -0.05) is 23.8 Å². The molecule has 1 amide bonds. The van der Waals surface area contributed by atoms with Crippen molar-refractivity contribution in [3.05, 3.63) is 86.4 Å². The quantitative estimate of drug-likeness (QED) is 0.630. The second kappa shape index (κ2) is 7.80. The van der Waals surface area contributed by atoms with Crippen molar-refractivity contribution in [1.82, 2.24) is 15.1 Å². The molecule has 1 N–H and O–H groups in total. The maximum Gasteiger partial charge on any atom is 0.251 e. The Labute approximate surface area is 182 Å². The topological polar surface area (TPSA) is 64.0 Å². The second-order valence-electron chi connectivity index (χ2n) is 7.68. The van der Waals surface area contributed by atoms with Crippen LogP contribution in [0.1, 0.15) is 44.4 Å². The predicted octanol–water partition coefficient (Wildman–Crippen LogP) is 3.99. The average Bonchev–Trinajstić information content (AvgIpc) is 2.98. The van der Waals surface area contributed by atoms with Gasteiger partial charge in [0.15, 0.2) is 5.78 Å². The molecular weight excluding hydrogens is 449 g/mol. The number of halogens is 2. The van der Waals surface area contributed by atoms with E-state index in [0.29, 0.717) is 10.0 Å². The summed E-state index contributed by atoms with van der Waals surface area (Å²) in [6, 6.07) is 11.1. The molecule has 1 heterocycles. The molecule has 0 spiro atoms. The Morgan fingerprint density at radius 1 is 1.23 bits per heavy atom. The third kappa shape index (κ3) is 3.58. The number of Topliss-reactive ketones (excluding diaryl/α,β-unsaturated/α-hetero) is 1. The SMILES string of the molecule is Cc1cccc(C(=O)N[C@@H]2C(=O)Cc3c(c(C)nn3C)[C@H]2c2ccc(F)c(Br)c2)c1. The summed E-state index contributed by atoms with van der Waals surface area (Å²) in [4.78, 5) is 26.1. The molecule has 3 aromatic rings. The van der Waals surface area contributed by atoms with Crippen LogP contribution in [0.15, 0.2) is 46.9 Å². The third-order valence-corrected chi connectivity index (χ3v) is 6.20. The summed E-state index contributed by atoms with van der Waals surface area (Å²) in [6.07, 6.45) is 0.185. The van der Waals surface area contributed by atoms with E-state index in [-0.39, 0.29) is 23.9 Å². The fourth-order valence-electron chi connectivity index (χ4n) is 4.20. The Morgan fingerprint density at radius 2 is 2.00 bits per heavy atom. The van der Waals surface area contributed by atoms with Crippen LogP contribution < -0.4 is 5.32 Å². The number of rotatable bonds is 3. The summed E-state index contributed by atoms with van der Waals surface area (Å²) in [7, 11) is 1.81. The molecule has 154 valence electrons. The highest BCUT2D eigenvalue weighted by molar-refractivity contribution is 9.10. The van der Waals surface area contributed by atoms with Gasteiger partial charge < -0.3 is 5.32 Å². The highest BCUT2D eigenvalue weighted by atomic mass is 79.9. The van der Waals surface area contributed by atoms with E-state index in [9.17, 15) is 14.0 Å². The summed E-state index contributed by atoms with van der Waals surface area (Å²) in [6.45, 7) is 3.80. The minimum absolute atomic E-state index is 0.100. The zero-order valence-electron chi connectivity index (χ0n) is 16.9. The van der Waals surface area contributed by atoms with E-state index in [1.807, 2.05) is 33.0 Å². The molecule has 5 nitrogen and oxygen atoms in total. The first-order valence-electron chi connectivity index (χ1n) is 9.64. The molecule has 4 rings (SSSR count). The fraction of sp³-hybridized carbons (Fsp3) is 0.261. The number of nitrogens with zero attached hydrogens (tertiary/aromatic N) is 2. The number of fused-ring (bicyclic) bond motifs is 1. The lowest BCUT2D eigenvalue weighted by atomic mass is 9.76. The van der Waals surface area contributed by atoms with Crippen molar-refractivity contribution in [2.75, 3.05) is 0 Å². The van der Waals surface area contributed by atoms with E-state index in [0.717, 1.165) is 28.1 Å². The molecule has 1 aromatic heterocycles. The Balaban J connectivity index is 1.80. The molecule has 30 heavy (non-hydrogen) atoms. The number of carbonyl (C=O) groups is 2. The number of carbonyl (C=O) groups excluding carboxylic acids is 2. The van der Waals surface area contributed by atoms with Gasteiger partial charge in [-0.2, -0.15) is 5.10 Å². The van der Waals surface area contributed by atoms with Crippen LogP contribution in [0.2, 0.25) is 0 Å². The van der Waals surface area contributed by atoms with Crippen LogP contribution in [-0.4, -0.2) is 27.5 Å². The Bertz CT molecular complexity index is 1170. The number of aryl methyl sites for hydroxylation is 3. The standard InChI is InChI=1S/C23H21BrFN3O2/c1-12-5-4-6-15(9-12)23(30)26-22-19(29)11-18-20(13(2)27-28(18)3)21(22)14-7-8-17(25)16(24)10-14/h4-10,21-22H,11H2,1-3H3,(H,26,30)/t21-,22-/m1/s1. The Kier molecular flexibility index (Phi) is 5.32. The largest absolute Gasteiger partial charge is 0.341 e. The first kappa shape index (κ1) is 20.5. The highest BCUT2D eigenvalue weighted by Crippen LogP contribution is 2.38. The van der Waals surface area contributed by atoms with Gasteiger partial charge in [-0.05, 0) is 59.6 Å². The smallest absolute Gasteiger partial charge is 0.251 e. The van der Waals surface area contributed by atoms with E-state index >= 15 is 0 Å². The molecule has 2 atom stereocenters. The van der Waals surface area contributed by atoms with Gasteiger partial charge in [-0.25, -0.2) is 4.39 Å². The van der Waals surface area contributed by atoms with Gasteiger partial charge in [0.05, 0.1) is 22.6 Å². The highest BCUT2D eigenvalue weighted by Gasteiger charge is 2.41. The molecule has 0 radical (unpaired) electrons. The lowest BCUT2D eigenvalue weighted by Crippen LogP contribution is -2.48. The third-order valence-electron chi connectivity index (χ3n) is 5.59. The summed E-state index contributed by atoms with van der Waals surface area (Å²) in [5.74, 6) is -1.25. The van der Waals surface area contributed by atoms with Crippen molar-refractivity contribution in [3.63, 3.8) is 0 Å². The van der Waals surface area contributed by atoms with E-state index in [1.165, 1.54) is 6.07 Å². The first-order valence-corrected chi connectivity index (χ1v) is 10.4. The van der Waals surface area contributed by atoms with Crippen LogP contribution in [0.4, 0.5) is 4.39 Å². The lowest BCUT2D eigenvalue weighted by Gasteiger charge is -2.32. The van der Waals surface area contributed by atoms with Crippen molar-refractivity contribution in [2.24, 2.45) is 7.05 Å². The van der Waals surface area contributed by atoms with Crippen LogP contribution in [0, 0.1) is 19.7 Å². The Morgan fingerprint density at radius 3 is 2.70 bits per heavy atom. The second-order valence-corrected chi connectivity index (χ2v) is 8.54. The summed E-state index contributed by atoms with van der Waals surface area (Å²) in [5.41, 5.74) is 4.72. The van der Waals surface area contributed by atoms with Crippen LogP contribution in [0.3, 0.4) is 0 Å². The van der Waals surface area contributed by atoms with Gasteiger partial charge in [-0.15, -0.1) is 0 Å². The van der Waals surface area contributed by atoms with Gasteiger partial charge in [0.25, 0.3) is 5.91 Å². The minimum Gasteiger partial charge on any atom is -0.341 e. The van der Waals surface area contributed by atoms with Gasteiger partial charge >= 0.3 is 0 Å². The molecule has 2 aromatic carbocycles. The van der Waals surface area contributed by atoms with Crippen LogP contribution in [0.25, 0.3) is 0 Å². The van der Waals surface area contributed by atoms with E-state index in [1.54, 1.807) is 28.9 Å². The molecule has 0 fully saturated rings. The maximum atomic E-state index is 13.9. The molecule has 0 saturated carbocycles. The molecule has 0 unspecified atom stereocenters. The van der Waals surface area contributed by atoms with E-state index < -0.39 is 12.0 Å². The van der Waals surface area contributed by atoms with Crippen LogP contribution in [0.5, 0.6) is 0 Å². The number of aromatic nitrogens is 2. The van der Waals surface area contributed by atoms with Gasteiger partial charge in [0.2, 0.25) is 0 Å². The average molecular weight is 470 g/mol. The minimum atomic E-state index is -0.772. The van der Waals surface area contributed by atoms with E-state index in [2.05, 4.69) is 26.3 Å². The first-order chi connectivity index (χ1) is 14.3. The van der Waals surface area contributed by atoms with Crippen molar-refractivity contribution in [3.8, 4) is 0 Å². The van der Waals surface area contributed by atoms with Crippen LogP contribution in [-0.2, 0) is 18.3 Å². The molecule has 0 bridgehead atoms. The monoisotopic (exact) mass is 469 g/mol. The number of benzene rings is 2. The molecule has 1 aliphatic rings. The van der Waals surface area contributed by atoms with Crippen molar-refractivity contribution < 1.29 is 14.0 Å². The van der Waals surface area contributed by atoms with Crippen molar-refractivity contribution >= 4 is 27.6 Å². The van der Waals surface area contributed by atoms with Gasteiger partial charge in [0.1, 0.15) is 5.82 Å². The van der Waals surface area contributed by atoms with E-state index in [4.69, 9.17) is 0 Å². The molecular formula is C23H21BrFN3O2. The molecule has 0 aliphatic heterocycles. The summed E-state index contributed by atoms with van der Waals surface area (Å²) >= 11 is 3.24. The number of ketones is 1. The normalized spacial score (nSPS) is 18.2.